The van der Waals surface area contributed by atoms with Crippen LogP contribution < -0.4 is 0 Å². The number of Topliss-reactive ketones (excluding diaryl/α,β-unsaturated/α-hetero) is 1. The number of ketones is 1. The lowest BCUT2D eigenvalue weighted by Crippen LogP contribution is -2.32. The van der Waals surface area contributed by atoms with E-state index in [4.69, 9.17) is 9.47 Å². The number of carbonyl (C=O) groups is 1. The molecule has 1 aliphatic heterocycles. The molecule has 0 aliphatic carbocycles. The van der Waals surface area contributed by atoms with Crippen LogP contribution in [-0.2, 0) is 9.47 Å². The van der Waals surface area contributed by atoms with E-state index < -0.39 is 5.79 Å². The summed E-state index contributed by atoms with van der Waals surface area (Å²) in [6.07, 6.45) is 0.999. The van der Waals surface area contributed by atoms with Crippen LogP contribution in [0.3, 0.4) is 0 Å². The highest BCUT2D eigenvalue weighted by atomic mass is 16.7. The van der Waals surface area contributed by atoms with Crippen molar-refractivity contribution < 1.29 is 14.3 Å². The van der Waals surface area contributed by atoms with Crippen LogP contribution in [0.15, 0.2) is 30.3 Å². The van der Waals surface area contributed by atoms with Crippen molar-refractivity contribution in [2.24, 2.45) is 0 Å². The van der Waals surface area contributed by atoms with Crippen LogP contribution >= 0.6 is 0 Å². The van der Waals surface area contributed by atoms with Crippen molar-refractivity contribution in [3.8, 4) is 0 Å². The molecular weight excluding hydrogens is 204 g/mol. The maximum atomic E-state index is 12.0. The van der Waals surface area contributed by atoms with Crippen LogP contribution in [-0.4, -0.2) is 24.8 Å². The van der Waals surface area contributed by atoms with E-state index in [1.807, 2.05) is 37.3 Å². The molecule has 1 aromatic rings. The highest BCUT2D eigenvalue weighted by Crippen LogP contribution is 2.28. The molecule has 1 saturated heterocycles. The third-order valence-electron chi connectivity index (χ3n) is 2.88. The van der Waals surface area contributed by atoms with Crippen LogP contribution in [0.1, 0.15) is 30.1 Å². The topological polar surface area (TPSA) is 35.5 Å². The molecule has 1 aromatic carbocycles. The van der Waals surface area contributed by atoms with Crippen molar-refractivity contribution in [1.82, 2.24) is 0 Å². The fraction of sp³-hybridized carbons (Fsp3) is 0.462. The summed E-state index contributed by atoms with van der Waals surface area (Å²) in [6, 6.07) is 9.26. The molecule has 0 amide bonds. The largest absolute Gasteiger partial charge is 0.347 e. The predicted octanol–water partition coefficient (Wildman–Crippen LogP) is 2.41. The molecule has 1 fully saturated rings. The van der Waals surface area contributed by atoms with Crippen molar-refractivity contribution in [1.29, 1.82) is 0 Å². The molecule has 3 heteroatoms. The van der Waals surface area contributed by atoms with Gasteiger partial charge >= 0.3 is 0 Å². The summed E-state index contributed by atoms with van der Waals surface area (Å²) in [7, 11) is 0. The van der Waals surface area contributed by atoms with Gasteiger partial charge in [0.15, 0.2) is 11.6 Å². The third-order valence-corrected chi connectivity index (χ3v) is 2.88. The second kappa shape index (κ2) is 4.76. The minimum Gasteiger partial charge on any atom is -0.347 e. The van der Waals surface area contributed by atoms with Gasteiger partial charge in [-0.25, -0.2) is 0 Å². The average Bonchev–Trinajstić information content (AvgIpc) is 2.79. The normalized spacial score (nSPS) is 18.6. The minimum absolute atomic E-state index is 0.0735. The van der Waals surface area contributed by atoms with Gasteiger partial charge in [0.2, 0.25) is 0 Å². The first-order chi connectivity index (χ1) is 7.76. The molecule has 0 atom stereocenters. The smallest absolute Gasteiger partial charge is 0.175 e. The molecule has 3 nitrogen and oxygen atoms in total. The number of carbonyl (C=O) groups excluding carboxylic acids is 1. The van der Waals surface area contributed by atoms with Crippen LogP contribution in [0.5, 0.6) is 0 Å². The minimum atomic E-state index is -0.688. The van der Waals surface area contributed by atoms with Crippen LogP contribution in [0.25, 0.3) is 0 Å². The highest BCUT2D eigenvalue weighted by Gasteiger charge is 2.36. The molecule has 0 bridgehead atoms. The Kier molecular flexibility index (Phi) is 3.36. The maximum Gasteiger partial charge on any atom is 0.175 e. The van der Waals surface area contributed by atoms with E-state index in [0.29, 0.717) is 26.1 Å². The van der Waals surface area contributed by atoms with E-state index in [-0.39, 0.29) is 5.78 Å². The van der Waals surface area contributed by atoms with Gasteiger partial charge in [-0.1, -0.05) is 37.3 Å². The fourth-order valence-electron chi connectivity index (χ4n) is 1.90. The average molecular weight is 220 g/mol. The van der Waals surface area contributed by atoms with Crippen LogP contribution in [0.4, 0.5) is 0 Å². The summed E-state index contributed by atoms with van der Waals surface area (Å²) in [5, 5.41) is 0. The first-order valence-corrected chi connectivity index (χ1v) is 5.62. The number of benzene rings is 1. The third kappa shape index (κ3) is 2.31. The van der Waals surface area contributed by atoms with Crippen LogP contribution in [0, 0.1) is 0 Å². The Morgan fingerprint density at radius 3 is 2.44 bits per heavy atom. The van der Waals surface area contributed by atoms with E-state index in [9.17, 15) is 4.79 Å². The number of rotatable bonds is 4. The lowest BCUT2D eigenvalue weighted by Gasteiger charge is -2.24. The van der Waals surface area contributed by atoms with E-state index in [0.717, 1.165) is 5.56 Å². The number of hydrogen-bond acceptors (Lipinski definition) is 3. The van der Waals surface area contributed by atoms with Gasteiger partial charge in [0.05, 0.1) is 19.6 Å². The van der Waals surface area contributed by atoms with Crippen molar-refractivity contribution >= 4 is 5.78 Å². The van der Waals surface area contributed by atoms with Gasteiger partial charge in [-0.3, -0.25) is 4.79 Å². The van der Waals surface area contributed by atoms with E-state index in [1.54, 1.807) is 0 Å². The Hall–Kier alpha value is -1.19. The molecule has 0 aromatic heterocycles. The van der Waals surface area contributed by atoms with Crippen molar-refractivity contribution in [2.75, 3.05) is 13.2 Å². The van der Waals surface area contributed by atoms with Gasteiger partial charge in [-0.2, -0.15) is 0 Å². The Balaban J connectivity index is 2.07. The first-order valence-electron chi connectivity index (χ1n) is 5.62. The van der Waals surface area contributed by atoms with Gasteiger partial charge in [0, 0.05) is 5.56 Å². The molecule has 0 saturated carbocycles. The maximum absolute atomic E-state index is 12.0. The molecule has 16 heavy (non-hydrogen) atoms. The standard InChI is InChI=1S/C13H16O3/c1-2-13(15-8-9-16-13)10-12(14)11-6-4-3-5-7-11/h3-7H,2,8-10H2,1H3. The molecule has 0 spiro atoms. The molecule has 0 unspecified atom stereocenters. The summed E-state index contributed by atoms with van der Waals surface area (Å²) in [5.74, 6) is -0.614. The SMILES string of the molecule is CCC1(CC(=O)c2ccccc2)OCCO1. The summed E-state index contributed by atoms with van der Waals surface area (Å²) in [4.78, 5) is 12.0. The second-order valence-corrected chi connectivity index (χ2v) is 3.93. The Labute approximate surface area is 95.4 Å². The Morgan fingerprint density at radius 1 is 1.25 bits per heavy atom. The van der Waals surface area contributed by atoms with Gasteiger partial charge in [0.1, 0.15) is 0 Å². The zero-order valence-corrected chi connectivity index (χ0v) is 9.44. The summed E-state index contributed by atoms with van der Waals surface area (Å²) < 4.78 is 11.1. The summed E-state index contributed by atoms with van der Waals surface area (Å²) in [5.41, 5.74) is 0.717. The Bertz CT molecular complexity index is 353. The van der Waals surface area contributed by atoms with Gasteiger partial charge in [-0.05, 0) is 6.42 Å². The first kappa shape index (κ1) is 11.3. The fourth-order valence-corrected chi connectivity index (χ4v) is 1.90. The zero-order chi connectivity index (χ0) is 11.4. The van der Waals surface area contributed by atoms with Gasteiger partial charge < -0.3 is 9.47 Å². The number of ether oxygens (including phenoxy) is 2. The molecule has 1 aliphatic rings. The summed E-state index contributed by atoms with van der Waals surface area (Å²) >= 11 is 0. The van der Waals surface area contributed by atoms with E-state index >= 15 is 0 Å². The lowest BCUT2D eigenvalue weighted by molar-refractivity contribution is -0.155. The second-order valence-electron chi connectivity index (χ2n) is 3.93. The monoisotopic (exact) mass is 220 g/mol. The molecule has 0 N–H and O–H groups in total. The Morgan fingerprint density at radius 2 is 1.88 bits per heavy atom. The lowest BCUT2D eigenvalue weighted by atomic mass is 10.0. The zero-order valence-electron chi connectivity index (χ0n) is 9.44. The van der Waals surface area contributed by atoms with Crippen molar-refractivity contribution in [2.45, 2.75) is 25.6 Å². The van der Waals surface area contributed by atoms with Crippen LogP contribution in [0.2, 0.25) is 0 Å². The molecule has 2 rings (SSSR count). The number of hydrogen-bond donors (Lipinski definition) is 0. The van der Waals surface area contributed by atoms with Crippen molar-refractivity contribution in [3.63, 3.8) is 0 Å². The predicted molar refractivity (Wildman–Crippen MR) is 60.3 cm³/mol. The highest BCUT2D eigenvalue weighted by molar-refractivity contribution is 5.96. The molecule has 0 radical (unpaired) electrons. The van der Waals surface area contributed by atoms with E-state index in [2.05, 4.69) is 0 Å². The molecule has 1 heterocycles. The molecule has 86 valence electrons. The summed E-state index contributed by atoms with van der Waals surface area (Å²) in [6.45, 7) is 3.13. The van der Waals surface area contributed by atoms with E-state index in [1.165, 1.54) is 0 Å². The molecular formula is C13H16O3. The van der Waals surface area contributed by atoms with Gasteiger partial charge in [-0.15, -0.1) is 0 Å². The van der Waals surface area contributed by atoms with Crippen molar-refractivity contribution in [3.05, 3.63) is 35.9 Å². The quantitative estimate of drug-likeness (QED) is 0.731. The van der Waals surface area contributed by atoms with Gasteiger partial charge in [0.25, 0.3) is 0 Å².